The molecule has 1 unspecified atom stereocenters. The van der Waals surface area contributed by atoms with Gasteiger partial charge in [-0.15, -0.1) is 0 Å². The average molecular weight is 428 g/mol. The van der Waals surface area contributed by atoms with E-state index in [0.717, 1.165) is 10.6 Å². The van der Waals surface area contributed by atoms with Crippen LogP contribution < -0.4 is 10.2 Å². The topological polar surface area (TPSA) is 86.1 Å². The smallest absolute Gasteiger partial charge is 0.325 e. The Kier molecular flexibility index (Phi) is 5.20. The number of imide groups is 1. The Labute approximate surface area is 179 Å². The number of rotatable bonds is 4. The van der Waals surface area contributed by atoms with Gasteiger partial charge in [0.2, 0.25) is 5.91 Å². The minimum atomic E-state index is -1.26. The van der Waals surface area contributed by atoms with Crippen LogP contribution in [0.15, 0.2) is 34.7 Å². The van der Waals surface area contributed by atoms with Crippen molar-refractivity contribution in [1.29, 1.82) is 0 Å². The van der Waals surface area contributed by atoms with E-state index in [1.165, 1.54) is 12.1 Å². The van der Waals surface area contributed by atoms with Crippen molar-refractivity contribution in [2.24, 2.45) is 0 Å². The van der Waals surface area contributed by atoms with E-state index >= 15 is 0 Å². The molecule has 2 saturated heterocycles. The molecule has 0 aliphatic carbocycles. The SMILES string of the molecule is Cc1cc(C2(C)NC(=O)N(CC(=O)N3CCN(c4ccc(F)cc4)CC3)C2=O)c(C)o1. The molecule has 3 heterocycles. The fraction of sp³-hybridized carbons (Fsp3) is 0.409. The summed E-state index contributed by atoms with van der Waals surface area (Å²) < 4.78 is 18.6. The molecule has 1 atom stereocenters. The molecular formula is C22H25FN4O4. The summed E-state index contributed by atoms with van der Waals surface area (Å²) in [5, 5.41) is 2.71. The van der Waals surface area contributed by atoms with Gasteiger partial charge in [-0.2, -0.15) is 0 Å². The van der Waals surface area contributed by atoms with E-state index in [9.17, 15) is 18.8 Å². The first-order valence-corrected chi connectivity index (χ1v) is 10.2. The summed E-state index contributed by atoms with van der Waals surface area (Å²) in [5.41, 5.74) is 0.218. The standard InChI is InChI=1S/C22H25FN4O4/c1-14-12-18(15(2)31-14)22(3)20(29)27(21(30)24-22)13-19(28)26-10-8-25(9-11-26)17-6-4-16(23)5-7-17/h4-7,12H,8-11,13H2,1-3H3,(H,24,30). The summed E-state index contributed by atoms with van der Waals surface area (Å²) >= 11 is 0. The van der Waals surface area contributed by atoms with Crippen LogP contribution in [-0.4, -0.2) is 60.4 Å². The van der Waals surface area contributed by atoms with Crippen molar-refractivity contribution in [2.45, 2.75) is 26.3 Å². The summed E-state index contributed by atoms with van der Waals surface area (Å²) in [7, 11) is 0. The lowest BCUT2D eigenvalue weighted by atomic mass is 9.92. The minimum absolute atomic E-state index is 0.286. The molecular weight excluding hydrogens is 403 g/mol. The Morgan fingerprint density at radius 1 is 1.13 bits per heavy atom. The largest absolute Gasteiger partial charge is 0.466 e. The molecule has 1 aromatic carbocycles. The zero-order chi connectivity index (χ0) is 22.3. The van der Waals surface area contributed by atoms with Gasteiger partial charge >= 0.3 is 6.03 Å². The zero-order valence-electron chi connectivity index (χ0n) is 17.8. The fourth-order valence-electron chi connectivity index (χ4n) is 4.25. The lowest BCUT2D eigenvalue weighted by Gasteiger charge is -2.36. The summed E-state index contributed by atoms with van der Waals surface area (Å²) in [6.45, 7) is 6.90. The highest BCUT2D eigenvalue weighted by Crippen LogP contribution is 2.32. The Hall–Kier alpha value is -3.36. The van der Waals surface area contributed by atoms with Crippen molar-refractivity contribution in [3.8, 4) is 0 Å². The summed E-state index contributed by atoms with van der Waals surface area (Å²) in [6, 6.07) is 7.37. The fourth-order valence-corrected chi connectivity index (χ4v) is 4.25. The second kappa shape index (κ2) is 7.72. The maximum Gasteiger partial charge on any atom is 0.325 e. The molecule has 164 valence electrons. The number of nitrogens with zero attached hydrogens (tertiary/aromatic N) is 3. The van der Waals surface area contributed by atoms with Gasteiger partial charge < -0.3 is 19.5 Å². The Bertz CT molecular complexity index is 1030. The van der Waals surface area contributed by atoms with E-state index in [2.05, 4.69) is 10.2 Å². The Morgan fingerprint density at radius 3 is 2.35 bits per heavy atom. The van der Waals surface area contributed by atoms with E-state index in [4.69, 9.17) is 4.42 Å². The number of piperazine rings is 1. The number of furan rings is 1. The first kappa shape index (κ1) is 20.9. The molecule has 4 rings (SSSR count). The first-order valence-electron chi connectivity index (χ1n) is 10.2. The van der Waals surface area contributed by atoms with Crippen LogP contribution in [-0.2, 0) is 15.1 Å². The molecule has 0 spiro atoms. The zero-order valence-corrected chi connectivity index (χ0v) is 17.8. The molecule has 1 N–H and O–H groups in total. The summed E-state index contributed by atoms with van der Waals surface area (Å²) in [6.07, 6.45) is 0. The number of urea groups is 1. The van der Waals surface area contributed by atoms with Crippen molar-refractivity contribution >= 4 is 23.5 Å². The molecule has 2 aliphatic rings. The second-order valence-electron chi connectivity index (χ2n) is 8.12. The van der Waals surface area contributed by atoms with Crippen molar-refractivity contribution in [1.82, 2.24) is 15.1 Å². The number of amides is 4. The molecule has 2 aliphatic heterocycles. The first-order chi connectivity index (χ1) is 14.7. The van der Waals surface area contributed by atoms with Gasteiger partial charge in [0, 0.05) is 37.4 Å². The normalized spacial score (nSPS) is 21.6. The van der Waals surface area contributed by atoms with E-state index in [1.54, 1.807) is 43.9 Å². The van der Waals surface area contributed by atoms with Gasteiger partial charge in [-0.25, -0.2) is 9.18 Å². The second-order valence-corrected chi connectivity index (χ2v) is 8.12. The van der Waals surface area contributed by atoms with Crippen LogP contribution in [0.5, 0.6) is 0 Å². The van der Waals surface area contributed by atoms with Crippen LogP contribution in [0.4, 0.5) is 14.9 Å². The molecule has 1 aromatic heterocycles. The van der Waals surface area contributed by atoms with Gasteiger partial charge in [-0.05, 0) is 51.1 Å². The Morgan fingerprint density at radius 2 is 1.77 bits per heavy atom. The molecule has 2 aromatic rings. The number of halogens is 1. The number of anilines is 1. The number of hydrogen-bond donors (Lipinski definition) is 1. The highest BCUT2D eigenvalue weighted by Gasteiger charge is 2.51. The molecule has 2 fully saturated rings. The number of aryl methyl sites for hydroxylation is 2. The van der Waals surface area contributed by atoms with Crippen molar-refractivity contribution in [3.05, 3.63) is 53.2 Å². The Balaban J connectivity index is 1.40. The third-order valence-corrected chi connectivity index (χ3v) is 5.97. The number of carbonyl (C=O) groups is 3. The van der Waals surface area contributed by atoms with Gasteiger partial charge in [0.1, 0.15) is 29.4 Å². The van der Waals surface area contributed by atoms with Crippen LogP contribution in [0.1, 0.15) is 24.0 Å². The van der Waals surface area contributed by atoms with Gasteiger partial charge in [0.25, 0.3) is 5.91 Å². The number of nitrogens with one attached hydrogen (secondary N) is 1. The third kappa shape index (κ3) is 3.75. The molecule has 4 amide bonds. The van der Waals surface area contributed by atoms with Crippen LogP contribution >= 0.6 is 0 Å². The quantitative estimate of drug-likeness (QED) is 0.755. The van der Waals surface area contributed by atoms with Gasteiger partial charge in [0.15, 0.2) is 0 Å². The molecule has 0 radical (unpaired) electrons. The van der Waals surface area contributed by atoms with Gasteiger partial charge in [-0.1, -0.05) is 0 Å². The lowest BCUT2D eigenvalue weighted by molar-refractivity contribution is -0.139. The predicted molar refractivity (Wildman–Crippen MR) is 111 cm³/mol. The predicted octanol–water partition coefficient (Wildman–Crippen LogP) is 2.15. The van der Waals surface area contributed by atoms with Crippen molar-refractivity contribution in [2.75, 3.05) is 37.6 Å². The minimum Gasteiger partial charge on any atom is -0.466 e. The van der Waals surface area contributed by atoms with Crippen molar-refractivity contribution in [3.63, 3.8) is 0 Å². The summed E-state index contributed by atoms with van der Waals surface area (Å²) in [5.74, 6) is 0.147. The molecule has 8 nitrogen and oxygen atoms in total. The number of hydrogen-bond acceptors (Lipinski definition) is 5. The molecule has 0 bridgehead atoms. The highest BCUT2D eigenvalue weighted by atomic mass is 19.1. The maximum atomic E-state index is 13.1. The van der Waals surface area contributed by atoms with E-state index in [1.807, 2.05) is 0 Å². The molecule has 31 heavy (non-hydrogen) atoms. The van der Waals surface area contributed by atoms with Crippen LogP contribution in [0.3, 0.4) is 0 Å². The van der Waals surface area contributed by atoms with E-state index in [0.29, 0.717) is 43.3 Å². The van der Waals surface area contributed by atoms with Gasteiger partial charge in [-0.3, -0.25) is 14.5 Å². The summed E-state index contributed by atoms with van der Waals surface area (Å²) in [4.78, 5) is 43.1. The van der Waals surface area contributed by atoms with Gasteiger partial charge in [0.05, 0.1) is 0 Å². The van der Waals surface area contributed by atoms with E-state index in [-0.39, 0.29) is 18.3 Å². The highest BCUT2D eigenvalue weighted by molar-refractivity contribution is 6.09. The lowest BCUT2D eigenvalue weighted by Crippen LogP contribution is -2.52. The monoisotopic (exact) mass is 428 g/mol. The molecule has 0 saturated carbocycles. The number of benzene rings is 1. The van der Waals surface area contributed by atoms with Crippen molar-refractivity contribution < 1.29 is 23.2 Å². The van der Waals surface area contributed by atoms with Crippen LogP contribution in [0, 0.1) is 19.7 Å². The van der Waals surface area contributed by atoms with E-state index < -0.39 is 17.5 Å². The van der Waals surface area contributed by atoms with Crippen LogP contribution in [0.2, 0.25) is 0 Å². The molecule has 9 heteroatoms. The maximum absolute atomic E-state index is 13.1. The average Bonchev–Trinajstić information content (AvgIpc) is 3.20. The number of carbonyl (C=O) groups excluding carboxylic acids is 3. The third-order valence-electron chi connectivity index (χ3n) is 5.97. The van der Waals surface area contributed by atoms with Crippen LogP contribution in [0.25, 0.3) is 0 Å².